The number of carbonyl (C=O) groups excluding carboxylic acids is 2. The van der Waals surface area contributed by atoms with Crippen LogP contribution in [-0.4, -0.2) is 54.9 Å². The molecule has 1 saturated heterocycles. The molecule has 2 aromatic rings. The topological polar surface area (TPSA) is 63.0 Å². The average Bonchev–Trinajstić information content (AvgIpc) is 2.97. The molecular formula is C17H20N2O4. The summed E-state index contributed by atoms with van der Waals surface area (Å²) in [6.07, 6.45) is 1.94. The smallest absolute Gasteiger partial charge is 0.227 e. The molecule has 1 aromatic carbocycles. The van der Waals surface area contributed by atoms with Crippen molar-refractivity contribution in [3.8, 4) is 5.75 Å². The Hall–Kier alpha value is -2.50. The second kappa shape index (κ2) is 6.32. The van der Waals surface area contributed by atoms with E-state index in [1.807, 2.05) is 23.1 Å². The first-order valence-corrected chi connectivity index (χ1v) is 7.66. The molecule has 23 heavy (non-hydrogen) atoms. The predicted molar refractivity (Wildman–Crippen MR) is 85.3 cm³/mol. The Morgan fingerprint density at radius 3 is 2.52 bits per heavy atom. The van der Waals surface area contributed by atoms with Crippen molar-refractivity contribution in [1.29, 1.82) is 0 Å². The number of rotatable bonds is 3. The van der Waals surface area contributed by atoms with Gasteiger partial charge in [0.1, 0.15) is 11.3 Å². The third kappa shape index (κ3) is 3.16. The quantitative estimate of drug-likeness (QED) is 0.864. The summed E-state index contributed by atoms with van der Waals surface area (Å²) in [6, 6.07) is 5.58. The Labute approximate surface area is 134 Å². The minimum Gasteiger partial charge on any atom is -0.497 e. The minimum atomic E-state index is 0.0618. The first-order valence-electron chi connectivity index (χ1n) is 7.66. The van der Waals surface area contributed by atoms with Crippen molar-refractivity contribution in [2.45, 2.75) is 13.3 Å². The van der Waals surface area contributed by atoms with Crippen LogP contribution in [0.2, 0.25) is 0 Å². The number of hydrogen-bond acceptors (Lipinski definition) is 4. The summed E-state index contributed by atoms with van der Waals surface area (Å²) in [5.41, 5.74) is 1.59. The van der Waals surface area contributed by atoms with Crippen LogP contribution in [-0.2, 0) is 16.0 Å². The van der Waals surface area contributed by atoms with E-state index in [-0.39, 0.29) is 11.8 Å². The van der Waals surface area contributed by atoms with Gasteiger partial charge in [0.25, 0.3) is 0 Å². The molecule has 3 rings (SSSR count). The highest BCUT2D eigenvalue weighted by Crippen LogP contribution is 2.26. The number of hydrogen-bond donors (Lipinski definition) is 0. The van der Waals surface area contributed by atoms with E-state index in [1.54, 1.807) is 25.2 Å². The van der Waals surface area contributed by atoms with E-state index in [0.717, 1.165) is 16.7 Å². The Morgan fingerprint density at radius 1 is 1.17 bits per heavy atom. The Bertz CT molecular complexity index is 729. The number of nitrogens with zero attached hydrogens (tertiary/aromatic N) is 2. The van der Waals surface area contributed by atoms with Crippen molar-refractivity contribution in [2.24, 2.45) is 0 Å². The van der Waals surface area contributed by atoms with Gasteiger partial charge in [-0.2, -0.15) is 0 Å². The fourth-order valence-corrected chi connectivity index (χ4v) is 2.87. The van der Waals surface area contributed by atoms with Crippen LogP contribution >= 0.6 is 0 Å². The molecule has 2 amide bonds. The largest absolute Gasteiger partial charge is 0.497 e. The second-order valence-corrected chi connectivity index (χ2v) is 5.69. The second-order valence-electron chi connectivity index (χ2n) is 5.69. The van der Waals surface area contributed by atoms with E-state index < -0.39 is 0 Å². The van der Waals surface area contributed by atoms with Crippen molar-refractivity contribution < 1.29 is 18.7 Å². The summed E-state index contributed by atoms with van der Waals surface area (Å²) in [7, 11) is 1.61. The highest BCUT2D eigenvalue weighted by Gasteiger charge is 2.23. The first-order chi connectivity index (χ1) is 11.1. The van der Waals surface area contributed by atoms with Crippen LogP contribution in [0, 0.1) is 0 Å². The maximum Gasteiger partial charge on any atom is 0.227 e. The van der Waals surface area contributed by atoms with Crippen LogP contribution in [0.1, 0.15) is 12.5 Å². The van der Waals surface area contributed by atoms with Crippen LogP contribution in [0.4, 0.5) is 0 Å². The van der Waals surface area contributed by atoms with Gasteiger partial charge in [0.05, 0.1) is 19.8 Å². The van der Waals surface area contributed by atoms with Gasteiger partial charge in [-0.05, 0) is 12.1 Å². The lowest BCUT2D eigenvalue weighted by Crippen LogP contribution is -2.50. The molecule has 0 saturated carbocycles. The van der Waals surface area contributed by atoms with Crippen molar-refractivity contribution in [3.63, 3.8) is 0 Å². The van der Waals surface area contributed by atoms with Crippen molar-refractivity contribution in [3.05, 3.63) is 30.0 Å². The molecule has 122 valence electrons. The number of carbonyl (C=O) groups is 2. The van der Waals surface area contributed by atoms with Gasteiger partial charge in [0.2, 0.25) is 11.8 Å². The van der Waals surface area contributed by atoms with Crippen molar-refractivity contribution in [1.82, 2.24) is 9.80 Å². The summed E-state index contributed by atoms with van der Waals surface area (Å²) in [5, 5.41) is 0.932. The van der Waals surface area contributed by atoms with Gasteiger partial charge in [-0.3, -0.25) is 9.59 Å². The molecule has 2 heterocycles. The number of piperazine rings is 1. The lowest BCUT2D eigenvalue weighted by molar-refractivity contribution is -0.138. The highest BCUT2D eigenvalue weighted by atomic mass is 16.5. The van der Waals surface area contributed by atoms with E-state index in [0.29, 0.717) is 38.2 Å². The van der Waals surface area contributed by atoms with Gasteiger partial charge in [-0.15, -0.1) is 0 Å². The maximum atomic E-state index is 12.5. The van der Waals surface area contributed by atoms with Crippen LogP contribution in [0.15, 0.2) is 28.9 Å². The van der Waals surface area contributed by atoms with E-state index in [9.17, 15) is 9.59 Å². The van der Waals surface area contributed by atoms with Crippen LogP contribution < -0.4 is 4.74 Å². The lowest BCUT2D eigenvalue weighted by Gasteiger charge is -2.34. The molecule has 0 aliphatic carbocycles. The van der Waals surface area contributed by atoms with Crippen LogP contribution in [0.5, 0.6) is 5.75 Å². The van der Waals surface area contributed by atoms with Crippen molar-refractivity contribution in [2.75, 3.05) is 33.3 Å². The summed E-state index contributed by atoms with van der Waals surface area (Å²) in [5.74, 6) is 0.851. The van der Waals surface area contributed by atoms with Gasteiger partial charge < -0.3 is 19.0 Å². The fourth-order valence-electron chi connectivity index (χ4n) is 2.87. The molecule has 1 aliphatic rings. The predicted octanol–water partition coefficient (Wildman–Crippen LogP) is 1.67. The Kier molecular flexibility index (Phi) is 4.23. The molecule has 0 bridgehead atoms. The van der Waals surface area contributed by atoms with Crippen LogP contribution in [0.3, 0.4) is 0 Å². The number of amides is 2. The molecule has 0 N–H and O–H groups in total. The monoisotopic (exact) mass is 316 g/mol. The zero-order chi connectivity index (χ0) is 16.4. The van der Waals surface area contributed by atoms with E-state index in [1.165, 1.54) is 0 Å². The van der Waals surface area contributed by atoms with E-state index >= 15 is 0 Å². The normalized spacial score (nSPS) is 15.0. The summed E-state index contributed by atoms with van der Waals surface area (Å²) in [4.78, 5) is 27.4. The number of ether oxygens (including phenoxy) is 1. The number of benzene rings is 1. The first kappa shape index (κ1) is 15.4. The molecule has 0 radical (unpaired) electrons. The van der Waals surface area contributed by atoms with Crippen molar-refractivity contribution >= 4 is 22.8 Å². The molecule has 1 aliphatic heterocycles. The molecule has 1 aromatic heterocycles. The molecule has 6 heteroatoms. The molecular weight excluding hydrogens is 296 g/mol. The van der Waals surface area contributed by atoms with Gasteiger partial charge >= 0.3 is 0 Å². The summed E-state index contributed by atoms with van der Waals surface area (Å²) >= 11 is 0. The zero-order valence-corrected chi connectivity index (χ0v) is 13.4. The molecule has 6 nitrogen and oxygen atoms in total. The fraction of sp³-hybridized carbons (Fsp3) is 0.412. The Balaban J connectivity index is 1.68. The van der Waals surface area contributed by atoms with Gasteiger partial charge in [0, 0.05) is 50.1 Å². The highest BCUT2D eigenvalue weighted by molar-refractivity contribution is 5.88. The molecule has 0 atom stereocenters. The van der Waals surface area contributed by atoms with E-state index in [4.69, 9.17) is 9.15 Å². The summed E-state index contributed by atoms with van der Waals surface area (Å²) < 4.78 is 10.7. The third-order valence-electron chi connectivity index (χ3n) is 4.28. The SMILES string of the molecule is COc1ccc2c(CC(=O)N3CCN(C(C)=O)CC3)coc2c1. The summed E-state index contributed by atoms with van der Waals surface area (Å²) in [6.45, 7) is 3.93. The minimum absolute atomic E-state index is 0.0618. The molecule has 0 spiro atoms. The molecule has 1 fully saturated rings. The van der Waals surface area contributed by atoms with Gasteiger partial charge in [-0.1, -0.05) is 0 Å². The molecule has 0 unspecified atom stereocenters. The standard InChI is InChI=1S/C17H20N2O4/c1-12(20)18-5-7-19(8-6-18)17(21)9-13-11-23-16-10-14(22-2)3-4-15(13)16/h3-4,10-11H,5-9H2,1-2H3. The van der Waals surface area contributed by atoms with Crippen LogP contribution in [0.25, 0.3) is 11.0 Å². The van der Waals surface area contributed by atoms with Gasteiger partial charge in [-0.25, -0.2) is 0 Å². The number of furan rings is 1. The van der Waals surface area contributed by atoms with Gasteiger partial charge in [0.15, 0.2) is 0 Å². The number of fused-ring (bicyclic) bond motifs is 1. The Morgan fingerprint density at radius 2 is 1.87 bits per heavy atom. The number of methoxy groups -OCH3 is 1. The third-order valence-corrected chi connectivity index (χ3v) is 4.28. The zero-order valence-electron chi connectivity index (χ0n) is 13.4. The van der Waals surface area contributed by atoms with E-state index in [2.05, 4.69) is 0 Å². The average molecular weight is 316 g/mol. The lowest BCUT2D eigenvalue weighted by atomic mass is 10.1. The maximum absolute atomic E-state index is 12.5.